The summed E-state index contributed by atoms with van der Waals surface area (Å²) in [5.41, 5.74) is 8.81. The highest BCUT2D eigenvalue weighted by Gasteiger charge is 2.27. The van der Waals surface area contributed by atoms with Crippen LogP contribution in [0.5, 0.6) is 5.75 Å². The predicted molar refractivity (Wildman–Crippen MR) is 111 cm³/mol. The van der Waals surface area contributed by atoms with Crippen molar-refractivity contribution in [1.29, 1.82) is 0 Å². The molecule has 1 unspecified atom stereocenters. The zero-order valence-electron chi connectivity index (χ0n) is 16.4. The summed E-state index contributed by atoms with van der Waals surface area (Å²) in [5.74, 6) is 0.128. The minimum Gasteiger partial charge on any atom is -0.491 e. The van der Waals surface area contributed by atoms with Crippen molar-refractivity contribution < 1.29 is 19.5 Å². The fourth-order valence-corrected chi connectivity index (χ4v) is 3.68. The number of carbonyl (C=O) groups is 2. The number of nitrogens with zero attached hydrogens (tertiary/aromatic N) is 2. The van der Waals surface area contributed by atoms with E-state index in [0.717, 1.165) is 30.6 Å². The first-order chi connectivity index (χ1) is 14.5. The van der Waals surface area contributed by atoms with Crippen LogP contribution in [0.4, 0.5) is 5.95 Å². The Bertz CT molecular complexity index is 924. The maximum Gasteiger partial charge on any atom is 0.252 e. The van der Waals surface area contributed by atoms with Crippen molar-refractivity contribution in [2.75, 3.05) is 11.9 Å². The van der Waals surface area contributed by atoms with Gasteiger partial charge < -0.3 is 15.8 Å². The van der Waals surface area contributed by atoms with Crippen LogP contribution >= 0.6 is 11.6 Å². The van der Waals surface area contributed by atoms with Crippen LogP contribution in [0.25, 0.3) is 0 Å². The molecule has 2 amide bonds. The van der Waals surface area contributed by atoms with Gasteiger partial charge in [-0.3, -0.25) is 14.8 Å². The number of aryl methyl sites for hydroxylation is 1. The first kappa shape index (κ1) is 21.8. The van der Waals surface area contributed by atoms with E-state index in [2.05, 4.69) is 15.3 Å². The largest absolute Gasteiger partial charge is 0.491 e. The van der Waals surface area contributed by atoms with E-state index in [-0.39, 0.29) is 12.5 Å². The molecule has 2 aromatic rings. The van der Waals surface area contributed by atoms with Crippen molar-refractivity contribution in [3.05, 3.63) is 46.2 Å². The first-order valence-electron chi connectivity index (χ1n) is 9.76. The molecule has 160 valence electrons. The fraction of sp³-hybridized carbons (Fsp3) is 0.400. The number of hydroxylamine groups is 1. The van der Waals surface area contributed by atoms with Crippen molar-refractivity contribution in [3.63, 3.8) is 0 Å². The summed E-state index contributed by atoms with van der Waals surface area (Å²) < 4.78 is 5.66. The van der Waals surface area contributed by atoms with Crippen molar-refractivity contribution in [2.45, 2.75) is 44.6 Å². The third-order valence-corrected chi connectivity index (χ3v) is 5.23. The lowest BCUT2D eigenvalue weighted by atomic mass is 10.1. The summed E-state index contributed by atoms with van der Waals surface area (Å²) in [6.07, 6.45) is 5.39. The van der Waals surface area contributed by atoms with Gasteiger partial charge in [0, 0.05) is 23.2 Å². The zero-order valence-corrected chi connectivity index (χ0v) is 17.1. The number of hydrogen-bond donors (Lipinski definition) is 4. The molecule has 0 saturated heterocycles. The Kier molecular flexibility index (Phi) is 7.42. The van der Waals surface area contributed by atoms with Gasteiger partial charge in [-0.2, -0.15) is 0 Å². The van der Waals surface area contributed by atoms with E-state index < -0.39 is 11.8 Å². The van der Waals surface area contributed by atoms with Gasteiger partial charge in [0.1, 0.15) is 12.4 Å². The second-order valence-corrected chi connectivity index (χ2v) is 7.43. The van der Waals surface area contributed by atoms with Crippen LogP contribution in [-0.4, -0.2) is 33.6 Å². The van der Waals surface area contributed by atoms with Gasteiger partial charge in [0.15, 0.2) is 0 Å². The molecule has 1 aromatic carbocycles. The number of halogens is 1. The van der Waals surface area contributed by atoms with Crippen LogP contribution in [0.2, 0.25) is 5.02 Å². The second-order valence-electron chi connectivity index (χ2n) is 7.03. The van der Waals surface area contributed by atoms with Gasteiger partial charge in [0.2, 0.25) is 11.9 Å². The molecule has 0 fully saturated rings. The standard InChI is InChI=1S/C20H24ClN5O4/c21-13-6-5-8-16-18(13)15(11-30-16)25-20-23-10-12(19(22)28)14(24-20)7-3-1-2-4-9-17(27)26-29/h5-6,8,10,15,29H,1-4,7,9,11H2,(H2,22,28)(H,26,27)(H,23,24,25). The maximum atomic E-state index is 11.7. The second kappa shape index (κ2) is 10.2. The molecule has 1 aliphatic rings. The third kappa shape index (κ3) is 5.37. The SMILES string of the molecule is NC(=O)c1cnc(NC2COc3cccc(Cl)c32)nc1CCCCCCC(=O)NO. The highest BCUT2D eigenvalue weighted by atomic mass is 35.5. The van der Waals surface area contributed by atoms with Gasteiger partial charge in [-0.15, -0.1) is 0 Å². The fourth-order valence-electron chi connectivity index (χ4n) is 3.38. The molecule has 1 aliphatic heterocycles. The Morgan fingerprint density at radius 3 is 2.83 bits per heavy atom. The maximum absolute atomic E-state index is 11.7. The third-order valence-electron chi connectivity index (χ3n) is 4.90. The Labute approximate surface area is 178 Å². The van der Waals surface area contributed by atoms with Gasteiger partial charge in [0.05, 0.1) is 17.3 Å². The smallest absolute Gasteiger partial charge is 0.252 e. The van der Waals surface area contributed by atoms with Crippen LogP contribution in [0, 0.1) is 0 Å². The average Bonchev–Trinajstić information content (AvgIpc) is 3.14. The first-order valence-corrected chi connectivity index (χ1v) is 10.1. The number of unbranched alkanes of at least 4 members (excludes halogenated alkanes) is 3. The molecule has 1 aromatic heterocycles. The molecule has 0 aliphatic carbocycles. The van der Waals surface area contributed by atoms with Crippen molar-refractivity contribution in [1.82, 2.24) is 15.4 Å². The van der Waals surface area contributed by atoms with Gasteiger partial charge in [0.25, 0.3) is 5.91 Å². The minimum atomic E-state index is -0.575. The number of amides is 2. The summed E-state index contributed by atoms with van der Waals surface area (Å²) in [6.45, 7) is 0.400. The Morgan fingerprint density at radius 1 is 1.27 bits per heavy atom. The van der Waals surface area contributed by atoms with Crippen LogP contribution in [-0.2, 0) is 11.2 Å². The molecule has 1 atom stereocenters. The van der Waals surface area contributed by atoms with Crippen molar-refractivity contribution >= 4 is 29.4 Å². The number of primary amides is 1. The Balaban J connectivity index is 1.63. The average molecular weight is 434 g/mol. The predicted octanol–water partition coefficient (Wildman–Crippen LogP) is 2.77. The van der Waals surface area contributed by atoms with E-state index in [1.165, 1.54) is 6.20 Å². The van der Waals surface area contributed by atoms with Crippen LogP contribution in [0.1, 0.15) is 59.8 Å². The molecular weight excluding hydrogens is 410 g/mol. The molecule has 5 N–H and O–H groups in total. The highest BCUT2D eigenvalue weighted by molar-refractivity contribution is 6.31. The molecule has 0 spiro atoms. The summed E-state index contributed by atoms with van der Waals surface area (Å²) in [6, 6.07) is 5.29. The molecule has 0 bridgehead atoms. The number of aromatic nitrogens is 2. The molecule has 2 heterocycles. The van der Waals surface area contributed by atoms with Crippen molar-refractivity contribution in [3.8, 4) is 5.75 Å². The lowest BCUT2D eigenvalue weighted by Gasteiger charge is -2.14. The molecule has 0 saturated carbocycles. The molecule has 10 heteroatoms. The molecule has 0 radical (unpaired) electrons. The number of ether oxygens (including phenoxy) is 1. The van der Waals surface area contributed by atoms with Crippen LogP contribution in [0.15, 0.2) is 24.4 Å². The van der Waals surface area contributed by atoms with Gasteiger partial charge in [-0.25, -0.2) is 15.4 Å². The molecule has 3 rings (SSSR count). The number of anilines is 1. The summed E-state index contributed by atoms with van der Waals surface area (Å²) in [7, 11) is 0. The van der Waals surface area contributed by atoms with Gasteiger partial charge in [-0.05, 0) is 31.4 Å². The normalized spacial score (nSPS) is 14.7. The summed E-state index contributed by atoms with van der Waals surface area (Å²) in [4.78, 5) is 31.5. The molecule has 9 nitrogen and oxygen atoms in total. The number of nitrogens with two attached hydrogens (primary N) is 1. The number of fused-ring (bicyclic) bond motifs is 1. The number of benzene rings is 1. The highest BCUT2D eigenvalue weighted by Crippen LogP contribution is 2.38. The Morgan fingerprint density at radius 2 is 2.07 bits per heavy atom. The number of hydrogen-bond acceptors (Lipinski definition) is 7. The number of carbonyl (C=O) groups excluding carboxylic acids is 2. The summed E-state index contributed by atoms with van der Waals surface area (Å²) in [5, 5.41) is 12.3. The van der Waals surface area contributed by atoms with Crippen LogP contribution < -0.4 is 21.3 Å². The lowest BCUT2D eigenvalue weighted by Crippen LogP contribution is -2.19. The lowest BCUT2D eigenvalue weighted by molar-refractivity contribution is -0.129. The van der Waals surface area contributed by atoms with Crippen LogP contribution in [0.3, 0.4) is 0 Å². The number of rotatable bonds is 10. The zero-order chi connectivity index (χ0) is 21.5. The quantitative estimate of drug-likeness (QED) is 0.256. The van der Waals surface area contributed by atoms with E-state index in [1.807, 2.05) is 12.1 Å². The van der Waals surface area contributed by atoms with Gasteiger partial charge in [-0.1, -0.05) is 30.5 Å². The van der Waals surface area contributed by atoms with Crippen molar-refractivity contribution in [2.24, 2.45) is 5.73 Å². The van der Waals surface area contributed by atoms with E-state index in [0.29, 0.717) is 41.7 Å². The number of nitrogens with one attached hydrogen (secondary N) is 2. The molecule has 30 heavy (non-hydrogen) atoms. The monoisotopic (exact) mass is 433 g/mol. The van der Waals surface area contributed by atoms with E-state index in [4.69, 9.17) is 27.3 Å². The topological polar surface area (TPSA) is 139 Å². The summed E-state index contributed by atoms with van der Waals surface area (Å²) >= 11 is 6.31. The van der Waals surface area contributed by atoms with Gasteiger partial charge >= 0.3 is 0 Å². The van der Waals surface area contributed by atoms with E-state index in [9.17, 15) is 9.59 Å². The van der Waals surface area contributed by atoms with E-state index >= 15 is 0 Å². The Hall–Kier alpha value is -2.91. The molecular formula is C20H24ClN5O4. The van der Waals surface area contributed by atoms with E-state index in [1.54, 1.807) is 11.5 Å². The minimum absolute atomic E-state index is 0.196.